The third-order valence-electron chi connectivity index (χ3n) is 3.88. The molecule has 1 saturated heterocycles. The lowest BCUT2D eigenvalue weighted by molar-refractivity contribution is 0.111. The van der Waals surface area contributed by atoms with Crippen molar-refractivity contribution < 1.29 is 13.9 Å². The second-order valence-corrected chi connectivity index (χ2v) is 5.27. The van der Waals surface area contributed by atoms with Gasteiger partial charge >= 0.3 is 0 Å². The number of likely N-dealkylation sites (N-methyl/N-ethyl adjacent to an activating group) is 1. The molecule has 2 rings (SSSR count). The van der Waals surface area contributed by atoms with Gasteiger partial charge in [-0.1, -0.05) is 13.0 Å². The first-order valence-corrected chi connectivity index (χ1v) is 7.18. The van der Waals surface area contributed by atoms with Gasteiger partial charge in [-0.25, -0.2) is 8.78 Å². The molecule has 0 spiro atoms. The Morgan fingerprint density at radius 1 is 1.15 bits per heavy atom. The highest BCUT2D eigenvalue weighted by molar-refractivity contribution is 5.21. The van der Waals surface area contributed by atoms with Gasteiger partial charge in [-0.3, -0.25) is 4.90 Å². The van der Waals surface area contributed by atoms with E-state index in [1.165, 1.54) is 12.1 Å². The average molecular weight is 284 g/mol. The zero-order valence-corrected chi connectivity index (χ0v) is 11.9. The molecule has 0 radical (unpaired) electrons. The van der Waals surface area contributed by atoms with Crippen molar-refractivity contribution in [2.75, 3.05) is 39.3 Å². The van der Waals surface area contributed by atoms with E-state index in [9.17, 15) is 13.9 Å². The van der Waals surface area contributed by atoms with Crippen LogP contribution in [-0.2, 0) is 0 Å². The van der Waals surface area contributed by atoms with E-state index in [0.29, 0.717) is 6.54 Å². The smallest absolute Gasteiger partial charge is 0.131 e. The molecule has 112 valence electrons. The van der Waals surface area contributed by atoms with Gasteiger partial charge < -0.3 is 10.0 Å². The molecule has 0 aromatic heterocycles. The lowest BCUT2D eigenvalue weighted by Gasteiger charge is -2.24. The number of nitrogens with zero attached hydrogens (tertiary/aromatic N) is 2. The van der Waals surface area contributed by atoms with E-state index in [-0.39, 0.29) is 5.56 Å². The molecule has 1 aromatic carbocycles. The Morgan fingerprint density at radius 3 is 2.55 bits per heavy atom. The summed E-state index contributed by atoms with van der Waals surface area (Å²) in [4.78, 5) is 4.51. The first-order valence-electron chi connectivity index (χ1n) is 7.18. The van der Waals surface area contributed by atoms with Gasteiger partial charge in [0.25, 0.3) is 0 Å². The minimum absolute atomic E-state index is 0.169. The molecule has 1 aromatic rings. The van der Waals surface area contributed by atoms with Gasteiger partial charge in [0.2, 0.25) is 0 Å². The predicted octanol–water partition coefficient (Wildman–Crippen LogP) is 2.03. The Morgan fingerprint density at radius 2 is 1.85 bits per heavy atom. The van der Waals surface area contributed by atoms with Crippen LogP contribution in [0.4, 0.5) is 8.78 Å². The average Bonchev–Trinajstić information content (AvgIpc) is 2.63. The highest BCUT2D eigenvalue weighted by Crippen LogP contribution is 2.19. The molecule has 1 aliphatic rings. The Bertz CT molecular complexity index is 442. The second kappa shape index (κ2) is 7.11. The van der Waals surface area contributed by atoms with Crippen molar-refractivity contribution in [2.24, 2.45) is 0 Å². The maximum Gasteiger partial charge on any atom is 0.131 e. The molecule has 1 unspecified atom stereocenters. The maximum absolute atomic E-state index is 13.6. The van der Waals surface area contributed by atoms with Gasteiger partial charge in [-0.05, 0) is 32.1 Å². The van der Waals surface area contributed by atoms with Crippen molar-refractivity contribution in [3.05, 3.63) is 35.4 Å². The van der Waals surface area contributed by atoms with E-state index in [4.69, 9.17) is 0 Å². The van der Waals surface area contributed by atoms with E-state index in [0.717, 1.165) is 45.2 Å². The van der Waals surface area contributed by atoms with Crippen LogP contribution in [0.25, 0.3) is 0 Å². The summed E-state index contributed by atoms with van der Waals surface area (Å²) in [6, 6.07) is 3.33. The summed E-state index contributed by atoms with van der Waals surface area (Å²) in [5, 5.41) is 10.1. The van der Waals surface area contributed by atoms with Crippen molar-refractivity contribution in [3.63, 3.8) is 0 Å². The number of β-amino-alcohol motifs (C(OH)–C–C–N with tert-alkyl or cyclic N) is 1. The molecule has 1 atom stereocenters. The summed E-state index contributed by atoms with van der Waals surface area (Å²) in [7, 11) is 0. The van der Waals surface area contributed by atoms with Gasteiger partial charge in [-0.15, -0.1) is 0 Å². The molecule has 0 amide bonds. The first-order chi connectivity index (χ1) is 9.60. The lowest BCUT2D eigenvalue weighted by atomic mass is 10.1. The van der Waals surface area contributed by atoms with E-state index in [2.05, 4.69) is 16.7 Å². The molecule has 1 N–H and O–H groups in total. The van der Waals surface area contributed by atoms with Gasteiger partial charge in [0.05, 0.1) is 6.10 Å². The Balaban J connectivity index is 1.95. The number of aliphatic hydroxyl groups is 1. The molecular formula is C15H22F2N2O. The fourth-order valence-electron chi connectivity index (χ4n) is 2.64. The first kappa shape index (κ1) is 15.4. The van der Waals surface area contributed by atoms with Crippen molar-refractivity contribution in [2.45, 2.75) is 19.4 Å². The highest BCUT2D eigenvalue weighted by atomic mass is 19.1. The SMILES string of the molecule is CCN1CCCN(CC(O)c2ccc(F)cc2F)CC1. The summed E-state index contributed by atoms with van der Waals surface area (Å²) in [6.45, 7) is 7.36. The molecule has 1 fully saturated rings. The third kappa shape index (κ3) is 3.98. The minimum atomic E-state index is -0.913. The Labute approximate surface area is 118 Å². The fraction of sp³-hybridized carbons (Fsp3) is 0.600. The normalized spacial score (nSPS) is 19.8. The second-order valence-electron chi connectivity index (χ2n) is 5.27. The van der Waals surface area contributed by atoms with Crippen molar-refractivity contribution in [1.82, 2.24) is 9.80 Å². The van der Waals surface area contributed by atoms with Crippen molar-refractivity contribution >= 4 is 0 Å². The van der Waals surface area contributed by atoms with Crippen LogP contribution >= 0.6 is 0 Å². The number of rotatable bonds is 4. The third-order valence-corrected chi connectivity index (χ3v) is 3.88. The van der Waals surface area contributed by atoms with Crippen LogP contribution in [0.5, 0.6) is 0 Å². The quantitative estimate of drug-likeness (QED) is 0.916. The monoisotopic (exact) mass is 284 g/mol. The molecule has 0 aliphatic carbocycles. The standard InChI is InChI=1S/C15H22F2N2O/c1-2-18-6-3-7-19(9-8-18)11-15(20)13-5-4-12(16)10-14(13)17/h4-5,10,15,20H,2-3,6-9,11H2,1H3. The van der Waals surface area contributed by atoms with Crippen LogP contribution in [0.15, 0.2) is 18.2 Å². The van der Waals surface area contributed by atoms with E-state index in [1.54, 1.807) is 0 Å². The molecule has 5 heteroatoms. The lowest BCUT2D eigenvalue weighted by Crippen LogP contribution is -2.33. The number of aliphatic hydroxyl groups excluding tert-OH is 1. The van der Waals surface area contributed by atoms with E-state index in [1.807, 2.05) is 0 Å². The van der Waals surface area contributed by atoms with Crippen LogP contribution in [0, 0.1) is 11.6 Å². The number of hydrogen-bond donors (Lipinski definition) is 1. The molecule has 1 heterocycles. The van der Waals surface area contributed by atoms with Crippen LogP contribution < -0.4 is 0 Å². The van der Waals surface area contributed by atoms with Crippen LogP contribution in [0.2, 0.25) is 0 Å². The van der Waals surface area contributed by atoms with E-state index >= 15 is 0 Å². The van der Waals surface area contributed by atoms with Crippen LogP contribution in [0.1, 0.15) is 25.0 Å². The largest absolute Gasteiger partial charge is 0.387 e. The topological polar surface area (TPSA) is 26.7 Å². The van der Waals surface area contributed by atoms with Gasteiger partial charge in [0.1, 0.15) is 11.6 Å². The Kier molecular flexibility index (Phi) is 5.46. The van der Waals surface area contributed by atoms with Gasteiger partial charge in [0.15, 0.2) is 0 Å². The van der Waals surface area contributed by atoms with Gasteiger partial charge in [-0.2, -0.15) is 0 Å². The van der Waals surface area contributed by atoms with Crippen molar-refractivity contribution in [1.29, 1.82) is 0 Å². The summed E-state index contributed by atoms with van der Waals surface area (Å²) >= 11 is 0. The fourth-order valence-corrected chi connectivity index (χ4v) is 2.64. The molecule has 0 bridgehead atoms. The summed E-state index contributed by atoms with van der Waals surface area (Å²) in [6.07, 6.45) is 0.135. The number of halogens is 2. The Hall–Kier alpha value is -1.04. The molecule has 20 heavy (non-hydrogen) atoms. The van der Waals surface area contributed by atoms with Crippen LogP contribution in [-0.4, -0.2) is 54.2 Å². The van der Waals surface area contributed by atoms with Crippen molar-refractivity contribution in [3.8, 4) is 0 Å². The number of benzene rings is 1. The zero-order chi connectivity index (χ0) is 14.5. The van der Waals surface area contributed by atoms with E-state index < -0.39 is 17.7 Å². The van der Waals surface area contributed by atoms with Crippen LogP contribution in [0.3, 0.4) is 0 Å². The molecule has 0 saturated carbocycles. The maximum atomic E-state index is 13.6. The molecule has 3 nitrogen and oxygen atoms in total. The summed E-state index contributed by atoms with van der Waals surface area (Å²) < 4.78 is 26.5. The molecular weight excluding hydrogens is 262 g/mol. The summed E-state index contributed by atoms with van der Waals surface area (Å²) in [5.74, 6) is -1.30. The minimum Gasteiger partial charge on any atom is -0.387 e. The predicted molar refractivity (Wildman–Crippen MR) is 74.5 cm³/mol. The number of hydrogen-bond acceptors (Lipinski definition) is 3. The molecule has 1 aliphatic heterocycles. The highest BCUT2D eigenvalue weighted by Gasteiger charge is 2.19. The zero-order valence-electron chi connectivity index (χ0n) is 11.9. The summed E-state index contributed by atoms with van der Waals surface area (Å²) in [5.41, 5.74) is 0.169. The van der Waals surface area contributed by atoms with Gasteiger partial charge in [0, 0.05) is 31.3 Å².